The van der Waals surface area contributed by atoms with Gasteiger partial charge < -0.3 is 20.0 Å². The van der Waals surface area contributed by atoms with Crippen molar-refractivity contribution in [3.63, 3.8) is 0 Å². The Kier molecular flexibility index (Phi) is 5.16. The molecule has 1 saturated carbocycles. The molecule has 0 radical (unpaired) electrons. The van der Waals surface area contributed by atoms with E-state index in [1.54, 1.807) is 0 Å². The van der Waals surface area contributed by atoms with Crippen molar-refractivity contribution in [2.75, 3.05) is 0 Å². The lowest BCUT2D eigenvalue weighted by atomic mass is 9.52. The van der Waals surface area contributed by atoms with E-state index in [4.69, 9.17) is 4.74 Å². The number of aromatic amines is 2. The van der Waals surface area contributed by atoms with Gasteiger partial charge >= 0.3 is 0 Å². The maximum absolute atomic E-state index is 14.4. The number of rotatable bonds is 2. The number of aromatic nitrogens is 2. The van der Waals surface area contributed by atoms with Gasteiger partial charge in [0.25, 0.3) is 0 Å². The number of hydrogen-bond acceptors (Lipinski definition) is 3. The molecule has 4 aliphatic rings. The summed E-state index contributed by atoms with van der Waals surface area (Å²) >= 11 is 0. The van der Waals surface area contributed by atoms with E-state index >= 15 is 0 Å². The lowest BCUT2D eigenvalue weighted by molar-refractivity contribution is -0.127. The summed E-state index contributed by atoms with van der Waals surface area (Å²) in [5, 5.41) is 4.67. The molecule has 3 aliphatic heterocycles. The summed E-state index contributed by atoms with van der Waals surface area (Å²) in [4.78, 5) is 34.7. The van der Waals surface area contributed by atoms with Crippen LogP contribution in [0.25, 0.3) is 10.9 Å². The number of benzene rings is 1. The zero-order valence-electron chi connectivity index (χ0n) is 22.6. The molecule has 1 aromatic carbocycles. The second-order valence-corrected chi connectivity index (χ2v) is 12.6. The molecule has 7 rings (SSSR count). The maximum atomic E-state index is 14.4. The molecular weight excluding hydrogens is 474 g/mol. The van der Waals surface area contributed by atoms with Crippen molar-refractivity contribution < 1.29 is 14.3 Å². The summed E-state index contributed by atoms with van der Waals surface area (Å²) in [6.07, 6.45) is 9.05. The minimum absolute atomic E-state index is 0.00134. The Morgan fingerprint density at radius 3 is 2.74 bits per heavy atom. The van der Waals surface area contributed by atoms with Crippen LogP contribution in [0, 0.1) is 29.6 Å². The van der Waals surface area contributed by atoms with E-state index in [2.05, 4.69) is 72.6 Å². The van der Waals surface area contributed by atoms with Gasteiger partial charge in [-0.05, 0) is 61.8 Å². The number of para-hydroxylation sites is 1. The molecule has 9 atom stereocenters. The van der Waals surface area contributed by atoms with Crippen molar-refractivity contribution in [1.82, 2.24) is 15.3 Å². The van der Waals surface area contributed by atoms with Gasteiger partial charge in [-0.1, -0.05) is 51.1 Å². The summed E-state index contributed by atoms with van der Waals surface area (Å²) in [6.45, 7) is 8.70. The molecule has 2 bridgehead atoms. The van der Waals surface area contributed by atoms with Crippen LogP contribution in [-0.2, 0) is 21.4 Å². The summed E-state index contributed by atoms with van der Waals surface area (Å²) < 4.78 is 6.50. The van der Waals surface area contributed by atoms with Gasteiger partial charge in [0.15, 0.2) is 5.78 Å². The van der Waals surface area contributed by atoms with E-state index in [0.29, 0.717) is 11.6 Å². The molecule has 0 unspecified atom stereocenters. The highest BCUT2D eigenvalue weighted by molar-refractivity contribution is 5.97. The van der Waals surface area contributed by atoms with Gasteiger partial charge in [-0.2, -0.15) is 0 Å². The standard InChI is InChI=1S/C32H37N3O3/c1-17-8-7-10-22-29-31(4,38-29)19(3)27-25(15-20-16-33-23-11-6-5-9-21(20)23)35-30(37)32(22,27)26-13-12-24(34-26)28(36)18(2)14-17/h5-7,9-13,16-19,22,25,27,29,33-34H,8,14-15H2,1-4H3,(H,35,37)/b10-7+/t17-,18+,19-,22-,25-,27-,29-,31+,32+/m0/s1. The number of H-pyrrole nitrogens is 2. The molecule has 1 aliphatic carbocycles. The SMILES string of the molecule is C[C@H]1C/C=C/[C@H]2[C@@H]3O[C@]3(C)[C@@H](C)[C@H]3[C@H](Cc4c[nH]c5ccccc45)NC(=O)[C@]32c2ccc([nH]2)C(=O)[C@H](C)C1. The van der Waals surface area contributed by atoms with Crippen LogP contribution in [0.4, 0.5) is 0 Å². The zero-order chi connectivity index (χ0) is 26.4. The van der Waals surface area contributed by atoms with Gasteiger partial charge in [0, 0.05) is 46.6 Å². The Balaban J connectivity index is 1.38. The molecule has 38 heavy (non-hydrogen) atoms. The lowest BCUT2D eigenvalue weighted by Crippen LogP contribution is -2.57. The third kappa shape index (κ3) is 3.16. The van der Waals surface area contributed by atoms with Crippen LogP contribution in [0.2, 0.25) is 0 Å². The van der Waals surface area contributed by atoms with Crippen LogP contribution in [0.1, 0.15) is 62.3 Å². The average molecular weight is 512 g/mol. The molecule has 3 N–H and O–H groups in total. The van der Waals surface area contributed by atoms with Gasteiger partial charge in [0.05, 0.1) is 17.4 Å². The van der Waals surface area contributed by atoms with Gasteiger partial charge in [0.1, 0.15) is 5.41 Å². The molecule has 6 heteroatoms. The molecule has 1 spiro atoms. The van der Waals surface area contributed by atoms with Crippen molar-refractivity contribution in [3.8, 4) is 0 Å². The zero-order valence-corrected chi connectivity index (χ0v) is 22.6. The summed E-state index contributed by atoms with van der Waals surface area (Å²) in [5.41, 5.74) is 2.70. The minimum Gasteiger partial charge on any atom is -0.365 e. The third-order valence-electron chi connectivity index (χ3n) is 10.4. The normalized spacial score (nSPS) is 40.9. The molecular formula is C32H37N3O3. The van der Waals surface area contributed by atoms with Gasteiger partial charge in [-0.25, -0.2) is 0 Å². The number of allylic oxidation sites excluding steroid dienone is 1. The second kappa shape index (κ2) is 8.19. The second-order valence-electron chi connectivity index (χ2n) is 12.6. The number of amides is 1. The number of nitrogens with one attached hydrogen (secondary N) is 3. The Hall–Kier alpha value is -3.12. The largest absolute Gasteiger partial charge is 0.365 e. The molecule has 3 aromatic rings. The van der Waals surface area contributed by atoms with Gasteiger partial charge in [-0.15, -0.1) is 0 Å². The topological polar surface area (TPSA) is 90.3 Å². The summed E-state index contributed by atoms with van der Waals surface area (Å²) in [5.74, 6) is 0.536. The van der Waals surface area contributed by atoms with E-state index in [-0.39, 0.29) is 53.1 Å². The number of carbonyl (C=O) groups is 2. The van der Waals surface area contributed by atoms with Crippen molar-refractivity contribution >= 4 is 22.6 Å². The highest BCUT2D eigenvalue weighted by Crippen LogP contribution is 2.66. The van der Waals surface area contributed by atoms with Crippen LogP contribution in [0.5, 0.6) is 0 Å². The van der Waals surface area contributed by atoms with Crippen molar-refractivity contribution in [2.24, 2.45) is 29.6 Å². The van der Waals surface area contributed by atoms with Crippen LogP contribution in [-0.4, -0.2) is 39.4 Å². The number of epoxide rings is 1. The quantitative estimate of drug-likeness (QED) is 0.321. The molecule has 2 saturated heterocycles. The Bertz CT molecular complexity index is 1470. The van der Waals surface area contributed by atoms with Crippen LogP contribution < -0.4 is 5.32 Å². The van der Waals surface area contributed by atoms with Gasteiger partial charge in [-0.3, -0.25) is 9.59 Å². The molecule has 6 nitrogen and oxygen atoms in total. The first-order valence-electron chi connectivity index (χ1n) is 14.2. The number of carbonyl (C=O) groups excluding carboxylic acids is 2. The number of ketones is 1. The Morgan fingerprint density at radius 2 is 1.89 bits per heavy atom. The molecule has 5 heterocycles. The monoisotopic (exact) mass is 511 g/mol. The highest BCUT2D eigenvalue weighted by atomic mass is 16.6. The van der Waals surface area contributed by atoms with E-state index in [1.165, 1.54) is 10.9 Å². The third-order valence-corrected chi connectivity index (χ3v) is 10.4. The average Bonchev–Trinajstić information content (AvgIpc) is 3.23. The first-order valence-corrected chi connectivity index (χ1v) is 14.2. The fourth-order valence-corrected chi connectivity index (χ4v) is 8.35. The van der Waals surface area contributed by atoms with Crippen LogP contribution in [0.3, 0.4) is 0 Å². The molecule has 3 fully saturated rings. The fourth-order valence-electron chi connectivity index (χ4n) is 8.35. The first-order chi connectivity index (χ1) is 18.2. The number of ether oxygens (including phenoxy) is 1. The number of fused-ring (bicyclic) bond motifs is 5. The van der Waals surface area contributed by atoms with Gasteiger partial charge in [0.2, 0.25) is 5.91 Å². The van der Waals surface area contributed by atoms with Crippen molar-refractivity contribution in [2.45, 2.75) is 70.1 Å². The van der Waals surface area contributed by atoms with E-state index in [1.807, 2.05) is 25.1 Å². The van der Waals surface area contributed by atoms with Crippen molar-refractivity contribution in [1.29, 1.82) is 0 Å². The fraction of sp³-hybridized carbons (Fsp3) is 0.500. The van der Waals surface area contributed by atoms with Crippen molar-refractivity contribution in [3.05, 3.63) is 71.7 Å². The Morgan fingerprint density at radius 1 is 1.08 bits per heavy atom. The van der Waals surface area contributed by atoms with Crippen LogP contribution in [0.15, 0.2) is 54.7 Å². The lowest BCUT2D eigenvalue weighted by Gasteiger charge is -2.46. The van der Waals surface area contributed by atoms with Crippen LogP contribution >= 0.6 is 0 Å². The first kappa shape index (κ1) is 24.0. The molecule has 1 amide bonds. The number of hydrogen-bond donors (Lipinski definition) is 3. The minimum atomic E-state index is -0.822. The molecule has 198 valence electrons. The van der Waals surface area contributed by atoms with E-state index < -0.39 is 5.41 Å². The smallest absolute Gasteiger partial charge is 0.233 e. The summed E-state index contributed by atoms with van der Waals surface area (Å²) in [7, 11) is 0. The van der Waals surface area contributed by atoms with E-state index in [9.17, 15) is 9.59 Å². The predicted octanol–water partition coefficient (Wildman–Crippen LogP) is 5.32. The maximum Gasteiger partial charge on any atom is 0.233 e. The predicted molar refractivity (Wildman–Crippen MR) is 147 cm³/mol. The summed E-state index contributed by atoms with van der Waals surface area (Å²) in [6, 6.07) is 12.2. The number of Topliss-reactive ketones (excluding diaryl/α,β-unsaturated/α-hetero) is 1. The molecule has 2 aromatic heterocycles. The highest BCUT2D eigenvalue weighted by Gasteiger charge is 2.77. The Labute approximate surface area is 223 Å². The van der Waals surface area contributed by atoms with E-state index in [0.717, 1.165) is 30.5 Å².